The van der Waals surface area contributed by atoms with Gasteiger partial charge in [-0.25, -0.2) is 8.42 Å². The molecule has 0 aromatic heterocycles. The average Bonchev–Trinajstić information content (AvgIpc) is 2.62. The second-order valence-electron chi connectivity index (χ2n) is 5.84. The number of thioether (sulfide) groups is 1. The van der Waals surface area contributed by atoms with Gasteiger partial charge in [0, 0.05) is 35.8 Å². The van der Waals surface area contributed by atoms with Gasteiger partial charge in [0.1, 0.15) is 0 Å². The second kappa shape index (κ2) is 10.2. The lowest BCUT2D eigenvalue weighted by molar-refractivity contribution is 0.600. The number of sulfonamides is 1. The van der Waals surface area contributed by atoms with E-state index >= 15 is 0 Å². The highest BCUT2D eigenvalue weighted by Crippen LogP contribution is 2.20. The van der Waals surface area contributed by atoms with Gasteiger partial charge >= 0.3 is 0 Å². The molecule has 2 rings (SSSR count). The maximum absolute atomic E-state index is 11.6. The van der Waals surface area contributed by atoms with Crippen LogP contribution in [0.15, 0.2) is 48.5 Å². The minimum atomic E-state index is -3.30. The van der Waals surface area contributed by atoms with Crippen LogP contribution in [0.2, 0.25) is 5.02 Å². The monoisotopic (exact) mass is 443 g/mol. The van der Waals surface area contributed by atoms with E-state index in [9.17, 15) is 8.42 Å². The molecule has 0 spiro atoms. The highest BCUT2D eigenvalue weighted by atomic mass is 35.5. The maximum atomic E-state index is 11.6. The van der Waals surface area contributed by atoms with Crippen molar-refractivity contribution in [3.05, 3.63) is 59.1 Å². The van der Waals surface area contributed by atoms with Crippen molar-refractivity contribution in [3.8, 4) is 0 Å². The third-order valence-corrected chi connectivity index (χ3v) is 6.41. The zero-order chi connectivity index (χ0) is 19.9. The summed E-state index contributed by atoms with van der Waals surface area (Å²) in [5, 5.41) is 7.48. The summed E-state index contributed by atoms with van der Waals surface area (Å²) >= 11 is 13.0. The van der Waals surface area contributed by atoms with E-state index < -0.39 is 10.0 Å². The van der Waals surface area contributed by atoms with E-state index in [2.05, 4.69) is 10.6 Å². The lowest BCUT2D eigenvalue weighted by atomic mass is 10.2. The Kier molecular flexibility index (Phi) is 8.22. The summed E-state index contributed by atoms with van der Waals surface area (Å²) in [4.78, 5) is 0. The fourth-order valence-electron chi connectivity index (χ4n) is 2.15. The summed E-state index contributed by atoms with van der Waals surface area (Å²) in [7, 11) is -1.78. The highest BCUT2D eigenvalue weighted by Gasteiger charge is 2.12. The van der Waals surface area contributed by atoms with Crippen molar-refractivity contribution in [2.75, 3.05) is 35.2 Å². The number of anilines is 2. The van der Waals surface area contributed by atoms with Crippen LogP contribution in [0.5, 0.6) is 0 Å². The van der Waals surface area contributed by atoms with E-state index in [-0.39, 0.29) is 0 Å². The van der Waals surface area contributed by atoms with Gasteiger partial charge in [0.2, 0.25) is 10.0 Å². The molecule has 0 fully saturated rings. The smallest absolute Gasteiger partial charge is 0.231 e. The minimum absolute atomic E-state index is 0.501. The molecule has 2 N–H and O–H groups in total. The topological polar surface area (TPSA) is 61.4 Å². The Bertz CT molecular complexity index is 874. The Balaban J connectivity index is 1.75. The number of benzene rings is 2. The van der Waals surface area contributed by atoms with Crippen LogP contribution >= 0.6 is 35.6 Å². The van der Waals surface area contributed by atoms with Gasteiger partial charge in [-0.1, -0.05) is 29.8 Å². The summed E-state index contributed by atoms with van der Waals surface area (Å²) in [6.07, 6.45) is 1.17. The van der Waals surface area contributed by atoms with Crippen LogP contribution in [0.25, 0.3) is 0 Å². The van der Waals surface area contributed by atoms with Crippen molar-refractivity contribution in [1.29, 1.82) is 0 Å². The van der Waals surface area contributed by atoms with E-state index in [1.807, 2.05) is 30.3 Å². The molecule has 2 aromatic rings. The van der Waals surface area contributed by atoms with Crippen molar-refractivity contribution < 1.29 is 8.42 Å². The lowest BCUT2D eigenvalue weighted by Gasteiger charge is -2.18. The lowest BCUT2D eigenvalue weighted by Crippen LogP contribution is -2.30. The van der Waals surface area contributed by atoms with Crippen LogP contribution in [0, 0.1) is 0 Å². The Morgan fingerprint density at radius 1 is 1.22 bits per heavy atom. The number of thiocarbonyl (C=S) groups is 1. The predicted octanol–water partition coefficient (Wildman–Crippen LogP) is 3.96. The molecule has 0 heterocycles. The van der Waals surface area contributed by atoms with Gasteiger partial charge in [-0.15, -0.1) is 0 Å². The molecular weight excluding hydrogens is 422 g/mol. The zero-order valence-corrected chi connectivity index (χ0v) is 18.3. The van der Waals surface area contributed by atoms with Gasteiger partial charge in [-0.2, -0.15) is 11.8 Å². The fourth-order valence-corrected chi connectivity index (χ4v) is 3.81. The molecular formula is C18H22ClN3O2S3. The molecule has 0 radical (unpaired) electrons. The van der Waals surface area contributed by atoms with Crippen LogP contribution in [0.4, 0.5) is 11.4 Å². The maximum Gasteiger partial charge on any atom is 0.231 e. The molecule has 0 amide bonds. The Hall–Kier alpha value is -1.48. The van der Waals surface area contributed by atoms with Crippen molar-refractivity contribution >= 4 is 62.1 Å². The standard InChI is InChI=1S/C18H22ClN3O2S3/c1-22(27(2,23)24)17-5-3-4-16(12-17)21-18(25)20-10-11-26-13-14-6-8-15(19)9-7-14/h3-9,12H,10-11,13H2,1-2H3,(H2,20,21,25). The van der Waals surface area contributed by atoms with Gasteiger partial charge in [-0.3, -0.25) is 4.31 Å². The summed E-state index contributed by atoms with van der Waals surface area (Å²) < 4.78 is 24.5. The first kappa shape index (κ1) is 21.8. The van der Waals surface area contributed by atoms with Crippen molar-refractivity contribution in [1.82, 2.24) is 5.32 Å². The molecule has 27 heavy (non-hydrogen) atoms. The first-order valence-electron chi connectivity index (χ1n) is 8.17. The highest BCUT2D eigenvalue weighted by molar-refractivity contribution is 7.98. The first-order chi connectivity index (χ1) is 12.8. The number of halogens is 1. The van der Waals surface area contributed by atoms with Gasteiger partial charge < -0.3 is 10.6 Å². The Morgan fingerprint density at radius 2 is 1.93 bits per heavy atom. The molecule has 0 bridgehead atoms. The molecule has 0 unspecified atom stereocenters. The Labute approximate surface area is 175 Å². The fraction of sp³-hybridized carbons (Fsp3) is 0.278. The average molecular weight is 444 g/mol. The normalized spacial score (nSPS) is 11.1. The SMILES string of the molecule is CN(c1cccc(NC(=S)NCCSCc2ccc(Cl)cc2)c1)S(C)(=O)=O. The number of nitrogens with one attached hydrogen (secondary N) is 2. The number of rotatable bonds is 8. The second-order valence-corrected chi connectivity index (χ2v) is 9.80. The van der Waals surface area contributed by atoms with Crippen LogP contribution in [0.3, 0.4) is 0 Å². The molecule has 0 aliphatic heterocycles. The third kappa shape index (κ3) is 7.57. The third-order valence-electron chi connectivity index (χ3n) is 3.68. The molecule has 0 atom stereocenters. The summed E-state index contributed by atoms with van der Waals surface area (Å²) in [6, 6.07) is 14.9. The minimum Gasteiger partial charge on any atom is -0.362 e. The van der Waals surface area contributed by atoms with E-state index in [1.54, 1.807) is 30.0 Å². The molecule has 146 valence electrons. The van der Waals surface area contributed by atoms with E-state index in [1.165, 1.54) is 23.2 Å². The van der Waals surface area contributed by atoms with E-state index in [0.717, 1.165) is 28.8 Å². The molecule has 2 aromatic carbocycles. The molecule has 9 heteroatoms. The summed E-state index contributed by atoms with van der Waals surface area (Å²) in [6.45, 7) is 0.729. The zero-order valence-electron chi connectivity index (χ0n) is 15.1. The van der Waals surface area contributed by atoms with Crippen LogP contribution in [0.1, 0.15) is 5.56 Å². The van der Waals surface area contributed by atoms with Gasteiger partial charge in [-0.05, 0) is 48.1 Å². The molecule has 0 aliphatic carbocycles. The Morgan fingerprint density at radius 3 is 2.59 bits per heavy atom. The summed E-state index contributed by atoms with van der Waals surface area (Å²) in [5.41, 5.74) is 2.54. The van der Waals surface area contributed by atoms with Gasteiger partial charge in [0.15, 0.2) is 5.11 Å². The number of hydrogen-bond donors (Lipinski definition) is 2. The van der Waals surface area contributed by atoms with Crippen molar-refractivity contribution in [3.63, 3.8) is 0 Å². The van der Waals surface area contributed by atoms with Gasteiger partial charge in [0.25, 0.3) is 0 Å². The van der Waals surface area contributed by atoms with E-state index in [0.29, 0.717) is 10.8 Å². The largest absolute Gasteiger partial charge is 0.362 e. The quantitative estimate of drug-likeness (QED) is 0.475. The van der Waals surface area contributed by atoms with Crippen LogP contribution in [-0.2, 0) is 15.8 Å². The molecule has 5 nitrogen and oxygen atoms in total. The molecule has 0 aliphatic rings. The number of nitrogens with zero attached hydrogens (tertiary/aromatic N) is 1. The summed E-state index contributed by atoms with van der Waals surface area (Å²) in [5.74, 6) is 1.82. The van der Waals surface area contributed by atoms with Crippen molar-refractivity contribution in [2.45, 2.75) is 5.75 Å². The molecule has 0 saturated carbocycles. The van der Waals surface area contributed by atoms with Gasteiger partial charge in [0.05, 0.1) is 11.9 Å². The first-order valence-corrected chi connectivity index (χ1v) is 12.0. The van der Waals surface area contributed by atoms with E-state index in [4.69, 9.17) is 23.8 Å². The molecule has 0 saturated heterocycles. The van der Waals surface area contributed by atoms with Crippen molar-refractivity contribution in [2.24, 2.45) is 0 Å². The van der Waals surface area contributed by atoms with Crippen LogP contribution in [-0.4, -0.2) is 39.1 Å². The predicted molar refractivity (Wildman–Crippen MR) is 122 cm³/mol. The number of hydrogen-bond acceptors (Lipinski definition) is 4. The van der Waals surface area contributed by atoms with Crippen LogP contribution < -0.4 is 14.9 Å².